The van der Waals surface area contributed by atoms with Crippen molar-refractivity contribution in [2.75, 3.05) is 0 Å². The van der Waals surface area contributed by atoms with E-state index in [1.54, 1.807) is 6.92 Å². The molecule has 5 rings (SSSR count). The van der Waals surface area contributed by atoms with Crippen molar-refractivity contribution in [3.63, 3.8) is 0 Å². The van der Waals surface area contributed by atoms with E-state index in [9.17, 15) is 4.79 Å². The third-order valence-electron chi connectivity index (χ3n) is 5.87. The molecule has 0 spiro atoms. The molecule has 33 heavy (non-hydrogen) atoms. The fraction of sp³-hybridized carbons (Fsp3) is 0.154. The van der Waals surface area contributed by atoms with Crippen molar-refractivity contribution < 1.29 is 9.58 Å². The topological polar surface area (TPSA) is 79.4 Å². The summed E-state index contributed by atoms with van der Waals surface area (Å²) in [6.07, 6.45) is 0. The van der Waals surface area contributed by atoms with E-state index in [4.69, 9.17) is 10.8 Å². The standard InChI is InChI=1S/C26H23N5OS/c1-3-30-20-14-8-7-13-19(20)23(24(30)18-11-5-4-6-12-18)28-29-26-31(17(2)25(27)32)21-15-9-10-16-22(21)33-26/h4-17H,3H2,1-2H3,(H-,27,32)/p+1. The van der Waals surface area contributed by atoms with Gasteiger partial charge in [0.2, 0.25) is 0 Å². The minimum atomic E-state index is -0.541. The number of fused-ring (bicyclic) bond motifs is 2. The van der Waals surface area contributed by atoms with E-state index in [-0.39, 0.29) is 0 Å². The Morgan fingerprint density at radius 1 is 1.00 bits per heavy atom. The maximum atomic E-state index is 12.1. The number of nitrogens with zero attached hydrogens (tertiary/aromatic N) is 4. The lowest BCUT2D eigenvalue weighted by molar-refractivity contribution is -0.139. The lowest BCUT2D eigenvalue weighted by Crippen LogP contribution is -2.30. The molecule has 0 radical (unpaired) electrons. The van der Waals surface area contributed by atoms with Crippen molar-refractivity contribution in [1.82, 2.24) is 9.13 Å². The first-order valence-corrected chi connectivity index (χ1v) is 11.7. The molecule has 0 saturated heterocycles. The van der Waals surface area contributed by atoms with Crippen LogP contribution in [-0.4, -0.2) is 19.8 Å². The molecule has 2 N–H and O–H groups in total. The van der Waals surface area contributed by atoms with Crippen LogP contribution in [0.15, 0.2) is 84.0 Å². The minimum absolute atomic E-state index is 0.410. The van der Waals surface area contributed by atoms with E-state index in [1.807, 2.05) is 59.2 Å². The van der Waals surface area contributed by atoms with Gasteiger partial charge in [0.1, 0.15) is 5.52 Å². The molecule has 3 aromatic carbocycles. The summed E-state index contributed by atoms with van der Waals surface area (Å²) in [5, 5.41) is 5.83. The molecule has 7 heteroatoms. The molecule has 6 nitrogen and oxygen atoms in total. The Kier molecular flexibility index (Phi) is 5.42. The highest BCUT2D eigenvalue weighted by Gasteiger charge is 2.25. The summed E-state index contributed by atoms with van der Waals surface area (Å²) in [5.41, 5.74) is 10.6. The number of thiazole rings is 1. The Balaban J connectivity index is 1.86. The molecular formula is C26H24N5OS+. The van der Waals surface area contributed by atoms with Gasteiger partial charge in [0, 0.05) is 22.6 Å². The van der Waals surface area contributed by atoms with Gasteiger partial charge in [-0.1, -0.05) is 65.5 Å². The molecule has 2 heterocycles. The van der Waals surface area contributed by atoms with Crippen LogP contribution in [0.1, 0.15) is 19.9 Å². The van der Waals surface area contributed by atoms with Crippen molar-refractivity contribution in [2.45, 2.75) is 26.4 Å². The van der Waals surface area contributed by atoms with E-state index in [1.165, 1.54) is 11.3 Å². The van der Waals surface area contributed by atoms with Crippen molar-refractivity contribution in [2.24, 2.45) is 10.8 Å². The molecule has 1 unspecified atom stereocenters. The number of primary amides is 1. The van der Waals surface area contributed by atoms with Crippen LogP contribution in [-0.2, 0) is 11.3 Å². The van der Waals surface area contributed by atoms with Crippen LogP contribution in [0.5, 0.6) is 0 Å². The van der Waals surface area contributed by atoms with Gasteiger partial charge in [0.15, 0.2) is 11.7 Å². The third kappa shape index (κ3) is 3.57. The number of aryl methyl sites for hydroxylation is 1. The van der Waals surface area contributed by atoms with Crippen LogP contribution >= 0.6 is 11.3 Å². The highest BCUT2D eigenvalue weighted by molar-refractivity contribution is 7.16. The molecule has 0 saturated carbocycles. The lowest BCUT2D eigenvalue weighted by atomic mass is 10.1. The van der Waals surface area contributed by atoms with E-state index in [2.05, 4.69) is 40.5 Å². The van der Waals surface area contributed by atoms with Gasteiger partial charge in [-0.15, -0.1) is 0 Å². The van der Waals surface area contributed by atoms with Crippen LogP contribution in [0.25, 0.3) is 32.4 Å². The van der Waals surface area contributed by atoms with Gasteiger partial charge in [0.25, 0.3) is 5.91 Å². The fourth-order valence-electron chi connectivity index (χ4n) is 4.26. The SMILES string of the molecule is CCn1c(-c2ccccc2)c(N=[N+]=c2sc3ccccc3n2C(C)C(N)=O)c2ccccc21. The average molecular weight is 455 g/mol. The number of hydrogen-bond acceptors (Lipinski definition) is 3. The summed E-state index contributed by atoms with van der Waals surface area (Å²) >= 11 is 1.50. The quantitative estimate of drug-likeness (QED) is 0.284. The summed E-state index contributed by atoms with van der Waals surface area (Å²) in [4.78, 5) is 17.4. The van der Waals surface area contributed by atoms with Crippen LogP contribution < -0.4 is 10.5 Å². The highest BCUT2D eigenvalue weighted by atomic mass is 32.1. The third-order valence-corrected chi connectivity index (χ3v) is 6.90. The van der Waals surface area contributed by atoms with Gasteiger partial charge in [-0.2, -0.15) is 4.57 Å². The second-order valence-corrected chi connectivity index (χ2v) is 8.83. The van der Waals surface area contributed by atoms with Crippen LogP contribution in [0.4, 0.5) is 5.69 Å². The number of para-hydroxylation sites is 2. The average Bonchev–Trinajstić information content (AvgIpc) is 3.37. The summed E-state index contributed by atoms with van der Waals surface area (Å²) in [7, 11) is 0. The molecular weight excluding hydrogens is 430 g/mol. The summed E-state index contributed by atoms with van der Waals surface area (Å²) in [6.45, 7) is 4.73. The molecule has 0 bridgehead atoms. The summed E-state index contributed by atoms with van der Waals surface area (Å²) < 4.78 is 5.16. The van der Waals surface area contributed by atoms with Crippen molar-refractivity contribution in [1.29, 1.82) is 0 Å². The van der Waals surface area contributed by atoms with Gasteiger partial charge in [-0.3, -0.25) is 4.79 Å². The number of rotatable bonds is 5. The molecule has 2 aromatic heterocycles. The number of amides is 1. The largest absolute Gasteiger partial charge is 0.466 e. The number of carbonyl (C=O) groups excluding carboxylic acids is 1. The summed E-state index contributed by atoms with van der Waals surface area (Å²) in [5.74, 6) is -0.410. The Bertz CT molecular complexity index is 1590. The molecule has 5 aromatic rings. The molecule has 0 aliphatic carbocycles. The molecule has 0 fully saturated rings. The second-order valence-electron chi connectivity index (χ2n) is 7.83. The van der Waals surface area contributed by atoms with E-state index in [0.717, 1.165) is 44.6 Å². The fourth-order valence-corrected chi connectivity index (χ4v) is 5.31. The normalized spacial score (nSPS) is 12.1. The van der Waals surface area contributed by atoms with Gasteiger partial charge >= 0.3 is 4.80 Å². The van der Waals surface area contributed by atoms with Gasteiger partial charge in [0.05, 0.1) is 15.9 Å². The zero-order valence-electron chi connectivity index (χ0n) is 18.5. The highest BCUT2D eigenvalue weighted by Crippen LogP contribution is 2.39. The number of carbonyl (C=O) groups is 1. The molecule has 0 aliphatic rings. The molecule has 164 valence electrons. The van der Waals surface area contributed by atoms with E-state index >= 15 is 0 Å². The van der Waals surface area contributed by atoms with Crippen molar-refractivity contribution >= 4 is 44.1 Å². The number of hydrogen-bond donors (Lipinski definition) is 1. The van der Waals surface area contributed by atoms with Crippen LogP contribution in [0.2, 0.25) is 0 Å². The maximum absolute atomic E-state index is 12.1. The predicted molar refractivity (Wildman–Crippen MR) is 132 cm³/mol. The monoisotopic (exact) mass is 454 g/mol. The van der Waals surface area contributed by atoms with E-state index < -0.39 is 11.9 Å². The van der Waals surface area contributed by atoms with Crippen LogP contribution in [0.3, 0.4) is 0 Å². The van der Waals surface area contributed by atoms with Gasteiger partial charge in [-0.25, -0.2) is 0 Å². The Morgan fingerprint density at radius 3 is 2.39 bits per heavy atom. The lowest BCUT2D eigenvalue weighted by Gasteiger charge is -2.07. The van der Waals surface area contributed by atoms with E-state index in [0.29, 0.717) is 4.80 Å². The maximum Gasteiger partial charge on any atom is 0.466 e. The summed E-state index contributed by atoms with van der Waals surface area (Å²) in [6, 6.07) is 25.9. The second kappa shape index (κ2) is 8.54. The Labute approximate surface area is 195 Å². The number of benzene rings is 3. The molecule has 0 aliphatic heterocycles. The smallest absolute Gasteiger partial charge is 0.366 e. The first-order chi connectivity index (χ1) is 16.1. The van der Waals surface area contributed by atoms with Crippen molar-refractivity contribution in [3.8, 4) is 11.3 Å². The van der Waals surface area contributed by atoms with Crippen LogP contribution in [0, 0.1) is 0 Å². The minimum Gasteiger partial charge on any atom is -0.366 e. The van der Waals surface area contributed by atoms with Crippen molar-refractivity contribution in [3.05, 3.63) is 83.7 Å². The zero-order valence-corrected chi connectivity index (χ0v) is 19.3. The van der Waals surface area contributed by atoms with Gasteiger partial charge in [-0.05, 0) is 43.4 Å². The number of nitrogens with two attached hydrogens (primary N) is 1. The molecule has 1 amide bonds. The van der Waals surface area contributed by atoms with Gasteiger partial charge < -0.3 is 10.3 Å². The predicted octanol–water partition coefficient (Wildman–Crippen LogP) is 5.28. The first-order valence-electron chi connectivity index (χ1n) is 10.9. The zero-order chi connectivity index (χ0) is 22.9. The molecule has 1 atom stereocenters. The number of aromatic nitrogens is 2. The Morgan fingerprint density at radius 2 is 1.67 bits per heavy atom. The first kappa shape index (κ1) is 20.9. The Hall–Kier alpha value is -3.93.